The summed E-state index contributed by atoms with van der Waals surface area (Å²) >= 11 is 0. The van der Waals surface area contributed by atoms with Crippen LogP contribution in [-0.2, 0) is 19.7 Å². The Morgan fingerprint density at radius 3 is 1.80 bits per heavy atom. The minimum Gasteiger partial charge on any atom is -0.329 e. The first-order valence-corrected chi connectivity index (χ1v) is 9.43. The zero-order valence-corrected chi connectivity index (χ0v) is 17.0. The van der Waals surface area contributed by atoms with Crippen LogP contribution in [0.25, 0.3) is 0 Å². The minimum atomic E-state index is -1.17. The average Bonchev–Trinajstić information content (AvgIpc) is 2.64. The first kappa shape index (κ1) is 22.1. The molecule has 144 valence electrons. The molecule has 0 saturated heterocycles. The number of benzene rings is 1. The van der Waals surface area contributed by atoms with Gasteiger partial charge in [0.1, 0.15) is 5.54 Å². The molecule has 0 aromatic heterocycles. The molecule has 0 bridgehead atoms. The maximum atomic E-state index is 5.83. The Labute approximate surface area is 154 Å². The summed E-state index contributed by atoms with van der Waals surface area (Å²) in [5.74, 6) is -1.17. The molecular formula is C21H37NO3. The van der Waals surface area contributed by atoms with E-state index in [1.165, 1.54) is 32.1 Å². The Morgan fingerprint density at radius 2 is 1.32 bits per heavy atom. The second-order valence-corrected chi connectivity index (χ2v) is 6.81. The van der Waals surface area contributed by atoms with E-state index in [-0.39, 0.29) is 0 Å². The van der Waals surface area contributed by atoms with Gasteiger partial charge >= 0.3 is 5.97 Å². The van der Waals surface area contributed by atoms with Crippen molar-refractivity contribution in [2.75, 3.05) is 35.4 Å². The second kappa shape index (κ2) is 10.9. The van der Waals surface area contributed by atoms with E-state index in [0.29, 0.717) is 0 Å². The van der Waals surface area contributed by atoms with Crippen molar-refractivity contribution in [3.63, 3.8) is 0 Å². The summed E-state index contributed by atoms with van der Waals surface area (Å²) in [7, 11) is 9.08. The molecule has 0 heterocycles. The number of methoxy groups -OCH3 is 3. The van der Waals surface area contributed by atoms with Gasteiger partial charge in [0.25, 0.3) is 0 Å². The third-order valence-electron chi connectivity index (χ3n) is 5.22. The number of hydrogen-bond donors (Lipinski definition) is 0. The van der Waals surface area contributed by atoms with Gasteiger partial charge in [0.05, 0.1) is 0 Å². The van der Waals surface area contributed by atoms with Gasteiger partial charge in [-0.1, -0.05) is 75.8 Å². The fourth-order valence-electron chi connectivity index (χ4n) is 3.86. The summed E-state index contributed by atoms with van der Waals surface area (Å²) in [6, 6.07) is 10.4. The molecule has 0 spiro atoms. The minimum absolute atomic E-state index is 0.530. The van der Waals surface area contributed by atoms with Gasteiger partial charge in [-0.25, -0.2) is 0 Å². The smallest absolute Gasteiger partial charge is 0.306 e. The zero-order valence-electron chi connectivity index (χ0n) is 17.0. The number of nitrogens with zero attached hydrogens (tertiary/aromatic N) is 1. The number of unbranched alkanes of at least 4 members (excludes halogenated alkanes) is 5. The van der Waals surface area contributed by atoms with Crippen LogP contribution in [0.5, 0.6) is 0 Å². The van der Waals surface area contributed by atoms with Crippen molar-refractivity contribution in [3.8, 4) is 0 Å². The number of hydrogen-bond acceptors (Lipinski definition) is 4. The largest absolute Gasteiger partial charge is 0.329 e. The van der Waals surface area contributed by atoms with Gasteiger partial charge in [-0.2, -0.15) is 0 Å². The monoisotopic (exact) mass is 351 g/mol. The maximum absolute atomic E-state index is 5.83. The summed E-state index contributed by atoms with van der Waals surface area (Å²) in [6.45, 7) is 2.25. The Balaban J connectivity index is 3.15. The van der Waals surface area contributed by atoms with E-state index in [0.717, 1.165) is 18.4 Å². The molecule has 0 aliphatic heterocycles. The molecule has 0 aliphatic carbocycles. The van der Waals surface area contributed by atoms with E-state index in [2.05, 4.69) is 50.2 Å². The first-order chi connectivity index (χ1) is 12.0. The predicted molar refractivity (Wildman–Crippen MR) is 104 cm³/mol. The molecule has 1 aromatic rings. The van der Waals surface area contributed by atoms with Crippen molar-refractivity contribution in [3.05, 3.63) is 35.9 Å². The highest BCUT2D eigenvalue weighted by molar-refractivity contribution is 5.27. The Kier molecular flexibility index (Phi) is 9.65. The SMILES string of the molecule is CCCCCCCCC(c1ccccc1)(N(C)C)C(OC)(OC)OC. The van der Waals surface area contributed by atoms with Crippen LogP contribution in [0.4, 0.5) is 0 Å². The highest BCUT2D eigenvalue weighted by Gasteiger charge is 2.56. The second-order valence-electron chi connectivity index (χ2n) is 6.81. The van der Waals surface area contributed by atoms with Gasteiger partial charge in [0, 0.05) is 21.3 Å². The van der Waals surface area contributed by atoms with Crippen LogP contribution < -0.4 is 0 Å². The molecule has 4 heteroatoms. The molecule has 0 saturated carbocycles. The van der Waals surface area contributed by atoms with Crippen molar-refractivity contribution in [1.82, 2.24) is 4.90 Å². The lowest BCUT2D eigenvalue weighted by Gasteiger charge is -2.51. The molecule has 1 unspecified atom stereocenters. The maximum Gasteiger partial charge on any atom is 0.306 e. The molecule has 0 radical (unpaired) electrons. The molecule has 25 heavy (non-hydrogen) atoms. The molecular weight excluding hydrogens is 314 g/mol. The summed E-state index contributed by atoms with van der Waals surface area (Å²) in [6.07, 6.45) is 8.35. The van der Waals surface area contributed by atoms with Gasteiger partial charge in [-0.3, -0.25) is 4.90 Å². The highest BCUT2D eigenvalue weighted by Crippen LogP contribution is 2.45. The average molecular weight is 352 g/mol. The fraction of sp³-hybridized carbons (Fsp3) is 0.714. The van der Waals surface area contributed by atoms with Crippen molar-refractivity contribution in [2.45, 2.75) is 63.4 Å². The lowest BCUT2D eigenvalue weighted by Crippen LogP contribution is -2.62. The van der Waals surface area contributed by atoms with E-state index < -0.39 is 11.5 Å². The summed E-state index contributed by atoms with van der Waals surface area (Å²) < 4.78 is 17.5. The predicted octanol–water partition coefficient (Wildman–Crippen LogP) is 4.79. The van der Waals surface area contributed by atoms with Gasteiger partial charge in [0.2, 0.25) is 0 Å². The van der Waals surface area contributed by atoms with Crippen molar-refractivity contribution >= 4 is 0 Å². The van der Waals surface area contributed by atoms with Gasteiger partial charge < -0.3 is 14.2 Å². The zero-order chi connectivity index (χ0) is 18.8. The molecule has 0 amide bonds. The normalized spacial score (nSPS) is 14.7. The van der Waals surface area contributed by atoms with Crippen LogP contribution >= 0.6 is 0 Å². The third kappa shape index (κ3) is 4.82. The summed E-state index contributed by atoms with van der Waals surface area (Å²) in [5, 5.41) is 0. The quantitative estimate of drug-likeness (QED) is 0.378. The molecule has 0 N–H and O–H groups in total. The van der Waals surface area contributed by atoms with Crippen LogP contribution in [0.2, 0.25) is 0 Å². The fourth-order valence-corrected chi connectivity index (χ4v) is 3.86. The molecule has 0 aliphatic rings. The van der Waals surface area contributed by atoms with E-state index in [1.807, 2.05) is 6.07 Å². The summed E-state index contributed by atoms with van der Waals surface area (Å²) in [5.41, 5.74) is 0.608. The van der Waals surface area contributed by atoms with Gasteiger partial charge in [0.15, 0.2) is 0 Å². The van der Waals surface area contributed by atoms with Crippen LogP contribution in [0, 0.1) is 0 Å². The highest BCUT2D eigenvalue weighted by atomic mass is 16.9. The van der Waals surface area contributed by atoms with E-state index in [4.69, 9.17) is 14.2 Å². The van der Waals surface area contributed by atoms with Crippen LogP contribution in [0.3, 0.4) is 0 Å². The van der Waals surface area contributed by atoms with Crippen LogP contribution in [-0.4, -0.2) is 46.3 Å². The van der Waals surface area contributed by atoms with Gasteiger partial charge in [-0.15, -0.1) is 0 Å². The topological polar surface area (TPSA) is 30.9 Å². The van der Waals surface area contributed by atoms with Crippen LogP contribution in [0.1, 0.15) is 57.4 Å². The van der Waals surface area contributed by atoms with Crippen molar-refractivity contribution < 1.29 is 14.2 Å². The lowest BCUT2D eigenvalue weighted by atomic mass is 9.80. The molecule has 1 aromatic carbocycles. The van der Waals surface area contributed by atoms with Crippen molar-refractivity contribution in [2.24, 2.45) is 0 Å². The molecule has 4 nitrogen and oxygen atoms in total. The Morgan fingerprint density at radius 1 is 0.800 bits per heavy atom. The number of rotatable bonds is 13. The van der Waals surface area contributed by atoms with E-state index in [1.54, 1.807) is 21.3 Å². The standard InChI is InChI=1S/C21H37NO3/c1-7-8-9-10-11-15-18-20(22(2)3,19-16-13-12-14-17-19)21(23-4,24-5)25-6/h12-14,16-17H,7-11,15,18H2,1-6H3. The lowest BCUT2D eigenvalue weighted by molar-refractivity contribution is -0.408. The molecule has 0 fully saturated rings. The number of likely N-dealkylation sites (N-methyl/N-ethyl adjacent to an activating group) is 1. The molecule has 1 atom stereocenters. The van der Waals surface area contributed by atoms with Crippen molar-refractivity contribution in [1.29, 1.82) is 0 Å². The summed E-state index contributed by atoms with van der Waals surface area (Å²) in [4.78, 5) is 2.17. The van der Waals surface area contributed by atoms with E-state index in [9.17, 15) is 0 Å². The molecule has 1 rings (SSSR count). The van der Waals surface area contributed by atoms with Crippen LogP contribution in [0.15, 0.2) is 30.3 Å². The Bertz CT molecular complexity index is 451. The third-order valence-corrected chi connectivity index (χ3v) is 5.22. The number of ether oxygens (including phenoxy) is 3. The van der Waals surface area contributed by atoms with E-state index >= 15 is 0 Å². The first-order valence-electron chi connectivity index (χ1n) is 9.43. The Hall–Kier alpha value is -0.940. The van der Waals surface area contributed by atoms with Gasteiger partial charge in [-0.05, 0) is 26.1 Å².